The van der Waals surface area contributed by atoms with Crippen molar-refractivity contribution in [1.29, 1.82) is 0 Å². The first-order valence-corrected chi connectivity index (χ1v) is 35.4. The second-order valence-corrected chi connectivity index (χ2v) is 29.9. The average molecular weight is 1170 g/mol. The number of fused-ring (bicyclic) bond motifs is 6. The van der Waals surface area contributed by atoms with Gasteiger partial charge in [-0.05, 0) is 178 Å². The van der Waals surface area contributed by atoms with Gasteiger partial charge in [0, 0.05) is 0 Å². The molecule has 0 heterocycles. The van der Waals surface area contributed by atoms with E-state index in [1.807, 2.05) is 0 Å². The minimum absolute atomic E-state index is 0.579. The van der Waals surface area contributed by atoms with Gasteiger partial charge in [-0.1, -0.05) is 240 Å². The van der Waals surface area contributed by atoms with Crippen LogP contribution in [0.5, 0.6) is 34.5 Å². The third-order valence-corrected chi connectivity index (χ3v) is 18.2. The first-order chi connectivity index (χ1) is 40.1. The van der Waals surface area contributed by atoms with Crippen molar-refractivity contribution in [3.63, 3.8) is 0 Å². The molecule has 0 spiro atoms. The summed E-state index contributed by atoms with van der Waals surface area (Å²) in [4.78, 5) is 0. The fraction of sp³-hybridized carbons (Fsp3) is 0.769. The molecule has 0 radical (unpaired) electrons. The third-order valence-electron chi connectivity index (χ3n) is 18.2. The standard InChI is InChI=1S/C78H132O6/c1-55(2)25-19-31-61(13)37-43-79-73-49-67-68(50-74(73)80-44-38-62(14)32-20-26-56(3)4)70-52-76(82-46-40-64(16)34-22-28-58(7)8)78(84-48-42-66(18)36-24-30-60(11)12)54-72(70)71-53-77(83-47-41-65(17)35-23-29-59(9)10)75(51-69(67)71)81-45-39-63(15)33-21-27-57(5)6/h49-66H,19-48H2,1-18H3/t61-,62-,63-,64-,65-,66-/m1/s1. The van der Waals surface area contributed by atoms with Crippen LogP contribution in [0.3, 0.4) is 0 Å². The van der Waals surface area contributed by atoms with Gasteiger partial charge in [-0.3, -0.25) is 0 Å². The summed E-state index contributed by atoms with van der Waals surface area (Å²) in [6.07, 6.45) is 28.5. The highest BCUT2D eigenvalue weighted by Gasteiger charge is 2.22. The lowest BCUT2D eigenvalue weighted by Gasteiger charge is -2.22. The molecule has 0 aromatic heterocycles. The highest BCUT2D eigenvalue weighted by atomic mass is 16.5. The Morgan fingerprint density at radius 2 is 0.321 bits per heavy atom. The average Bonchev–Trinajstić information content (AvgIpc) is 3.53. The molecule has 0 unspecified atom stereocenters. The summed E-state index contributed by atoms with van der Waals surface area (Å²) < 4.78 is 42.0. The van der Waals surface area contributed by atoms with Gasteiger partial charge in [0.25, 0.3) is 0 Å². The maximum absolute atomic E-state index is 6.99. The largest absolute Gasteiger partial charge is 0.490 e. The SMILES string of the molecule is CC(C)CCC[C@@H](C)CCOc1cc2c3cc(OCC[C@H](C)CCCC(C)C)c(OCC[C@H](C)CCCC(C)C)cc3c3cc(OCC[C@H](C)CCCC(C)C)c(OCC[C@H](C)CCCC(C)C)cc3c2cc1OCC[C@H](C)CCCC(C)C. The lowest BCUT2D eigenvalue weighted by Crippen LogP contribution is -2.09. The van der Waals surface area contributed by atoms with Crippen LogP contribution in [0.1, 0.15) is 279 Å². The van der Waals surface area contributed by atoms with Crippen LogP contribution in [0.15, 0.2) is 36.4 Å². The lowest BCUT2D eigenvalue weighted by atomic mass is 9.92. The molecule has 480 valence electrons. The van der Waals surface area contributed by atoms with E-state index in [0.717, 1.165) is 141 Å². The van der Waals surface area contributed by atoms with E-state index in [2.05, 4.69) is 161 Å². The number of rotatable bonds is 48. The van der Waals surface area contributed by atoms with E-state index in [1.165, 1.54) is 116 Å². The van der Waals surface area contributed by atoms with Gasteiger partial charge < -0.3 is 28.4 Å². The van der Waals surface area contributed by atoms with Crippen LogP contribution < -0.4 is 28.4 Å². The molecular formula is C78H132O6. The number of hydrogen-bond donors (Lipinski definition) is 0. The molecule has 0 bridgehead atoms. The van der Waals surface area contributed by atoms with Crippen molar-refractivity contribution in [1.82, 2.24) is 0 Å². The monoisotopic (exact) mass is 1170 g/mol. The molecule has 0 aliphatic carbocycles. The highest BCUT2D eigenvalue weighted by molar-refractivity contribution is 6.26. The molecule has 0 saturated carbocycles. The molecule has 6 heteroatoms. The van der Waals surface area contributed by atoms with Crippen molar-refractivity contribution in [3.05, 3.63) is 36.4 Å². The van der Waals surface area contributed by atoms with E-state index in [4.69, 9.17) is 28.4 Å². The Morgan fingerprint density at radius 1 is 0.190 bits per heavy atom. The van der Waals surface area contributed by atoms with Crippen LogP contribution in [0, 0.1) is 71.0 Å². The van der Waals surface area contributed by atoms with Crippen LogP contribution in [0.4, 0.5) is 0 Å². The first-order valence-electron chi connectivity index (χ1n) is 35.4. The second-order valence-electron chi connectivity index (χ2n) is 29.9. The minimum atomic E-state index is 0.579. The van der Waals surface area contributed by atoms with Gasteiger partial charge in [0.2, 0.25) is 0 Å². The Kier molecular flexibility index (Phi) is 34.8. The van der Waals surface area contributed by atoms with Crippen molar-refractivity contribution in [2.45, 2.75) is 279 Å². The molecule has 0 N–H and O–H groups in total. The predicted molar refractivity (Wildman–Crippen MR) is 367 cm³/mol. The van der Waals surface area contributed by atoms with E-state index in [1.54, 1.807) is 0 Å². The van der Waals surface area contributed by atoms with Crippen LogP contribution in [0.2, 0.25) is 0 Å². The Morgan fingerprint density at radius 3 is 0.440 bits per heavy atom. The van der Waals surface area contributed by atoms with Gasteiger partial charge in [0.15, 0.2) is 34.5 Å². The lowest BCUT2D eigenvalue weighted by molar-refractivity contribution is 0.237. The summed E-state index contributed by atoms with van der Waals surface area (Å²) in [6.45, 7) is 46.2. The number of benzene rings is 4. The smallest absolute Gasteiger partial charge is 0.161 e. The number of hydrogen-bond acceptors (Lipinski definition) is 6. The molecule has 4 aromatic rings. The van der Waals surface area contributed by atoms with Crippen molar-refractivity contribution < 1.29 is 28.4 Å². The summed E-state index contributed by atoms with van der Waals surface area (Å²) in [7, 11) is 0. The van der Waals surface area contributed by atoms with Gasteiger partial charge in [-0.25, -0.2) is 0 Å². The Labute approximate surface area is 518 Å². The van der Waals surface area contributed by atoms with Crippen molar-refractivity contribution in [2.24, 2.45) is 71.0 Å². The second kappa shape index (κ2) is 40.1. The first kappa shape index (κ1) is 72.9. The number of ether oxygens (including phenoxy) is 6. The topological polar surface area (TPSA) is 55.4 Å². The molecule has 0 aliphatic heterocycles. The molecule has 4 aromatic carbocycles. The van der Waals surface area contributed by atoms with E-state index in [9.17, 15) is 0 Å². The fourth-order valence-corrected chi connectivity index (χ4v) is 12.0. The highest BCUT2D eigenvalue weighted by Crippen LogP contribution is 2.48. The molecular weight excluding hydrogens is 1030 g/mol. The van der Waals surface area contributed by atoms with Gasteiger partial charge >= 0.3 is 0 Å². The molecule has 6 atom stereocenters. The molecule has 84 heavy (non-hydrogen) atoms. The zero-order valence-electron chi connectivity index (χ0n) is 58.1. The summed E-state index contributed by atoms with van der Waals surface area (Å²) in [5.41, 5.74) is 0. The zero-order chi connectivity index (χ0) is 61.6. The van der Waals surface area contributed by atoms with Crippen molar-refractivity contribution >= 4 is 32.3 Å². The molecule has 4 rings (SSSR count). The van der Waals surface area contributed by atoms with Crippen LogP contribution >= 0.6 is 0 Å². The summed E-state index contributed by atoms with van der Waals surface area (Å²) in [5.74, 6) is 12.8. The van der Waals surface area contributed by atoms with E-state index < -0.39 is 0 Å². The van der Waals surface area contributed by atoms with Gasteiger partial charge in [0.05, 0.1) is 39.6 Å². The summed E-state index contributed by atoms with van der Waals surface area (Å²) in [6, 6.07) is 13.8. The molecule has 0 aliphatic rings. The maximum Gasteiger partial charge on any atom is 0.161 e. The van der Waals surface area contributed by atoms with Gasteiger partial charge in [-0.2, -0.15) is 0 Å². The van der Waals surface area contributed by atoms with Gasteiger partial charge in [0.1, 0.15) is 0 Å². The van der Waals surface area contributed by atoms with E-state index in [-0.39, 0.29) is 0 Å². The normalized spacial score (nSPS) is 14.4. The minimum Gasteiger partial charge on any atom is -0.490 e. The van der Waals surface area contributed by atoms with Crippen LogP contribution in [0.25, 0.3) is 32.3 Å². The zero-order valence-corrected chi connectivity index (χ0v) is 58.1. The third kappa shape index (κ3) is 28.5. The van der Waals surface area contributed by atoms with Gasteiger partial charge in [-0.15, -0.1) is 0 Å². The Bertz CT molecular complexity index is 1920. The van der Waals surface area contributed by atoms with Crippen LogP contribution in [-0.2, 0) is 0 Å². The fourth-order valence-electron chi connectivity index (χ4n) is 12.0. The molecule has 0 amide bonds. The quantitative estimate of drug-likeness (QED) is 0.0411. The Balaban J connectivity index is 1.97. The molecule has 0 fully saturated rings. The maximum atomic E-state index is 6.99. The molecule has 0 saturated heterocycles. The van der Waals surface area contributed by atoms with Crippen LogP contribution in [-0.4, -0.2) is 39.6 Å². The van der Waals surface area contributed by atoms with E-state index >= 15 is 0 Å². The van der Waals surface area contributed by atoms with Crippen molar-refractivity contribution in [3.8, 4) is 34.5 Å². The summed E-state index contributed by atoms with van der Waals surface area (Å²) >= 11 is 0. The summed E-state index contributed by atoms with van der Waals surface area (Å²) in [5, 5.41) is 6.74. The predicted octanol–water partition coefficient (Wildman–Crippen LogP) is 24.5. The van der Waals surface area contributed by atoms with Crippen molar-refractivity contribution in [2.75, 3.05) is 39.6 Å². The Hall–Kier alpha value is -3.54. The van der Waals surface area contributed by atoms with E-state index in [0.29, 0.717) is 75.1 Å². The molecule has 6 nitrogen and oxygen atoms in total.